The van der Waals surface area contributed by atoms with Crippen molar-refractivity contribution in [3.63, 3.8) is 0 Å². The van der Waals surface area contributed by atoms with E-state index < -0.39 is 0 Å². The van der Waals surface area contributed by atoms with Gasteiger partial charge in [-0.2, -0.15) is 0 Å². The SMILES string of the molecule is CCCCSc1nnc(NC(=O)COc2cc(C)c(Br)cc2C(C)C)s1. The molecule has 142 valence electrons. The van der Waals surface area contributed by atoms with Crippen LogP contribution < -0.4 is 10.1 Å². The summed E-state index contributed by atoms with van der Waals surface area (Å²) in [5.41, 5.74) is 2.14. The van der Waals surface area contributed by atoms with Gasteiger partial charge in [-0.3, -0.25) is 10.1 Å². The maximum absolute atomic E-state index is 12.2. The van der Waals surface area contributed by atoms with Crippen LogP contribution >= 0.6 is 39.0 Å². The van der Waals surface area contributed by atoms with E-state index in [-0.39, 0.29) is 12.5 Å². The van der Waals surface area contributed by atoms with Gasteiger partial charge in [0.05, 0.1) is 0 Å². The van der Waals surface area contributed by atoms with Gasteiger partial charge < -0.3 is 4.74 Å². The highest BCUT2D eigenvalue weighted by molar-refractivity contribution is 9.10. The van der Waals surface area contributed by atoms with E-state index in [0.717, 1.165) is 44.3 Å². The van der Waals surface area contributed by atoms with Crippen molar-refractivity contribution >= 4 is 50.1 Å². The van der Waals surface area contributed by atoms with E-state index in [9.17, 15) is 4.79 Å². The van der Waals surface area contributed by atoms with E-state index in [2.05, 4.69) is 58.3 Å². The fraction of sp³-hybridized carbons (Fsp3) is 0.500. The molecule has 0 aliphatic heterocycles. The smallest absolute Gasteiger partial charge is 0.264 e. The number of nitrogens with zero attached hydrogens (tertiary/aromatic N) is 2. The molecule has 1 N–H and O–H groups in total. The van der Waals surface area contributed by atoms with Crippen LogP contribution in [0.1, 0.15) is 50.7 Å². The van der Waals surface area contributed by atoms with E-state index in [1.807, 2.05) is 13.0 Å². The molecule has 1 aromatic carbocycles. The van der Waals surface area contributed by atoms with Crippen LogP contribution in [0.3, 0.4) is 0 Å². The molecule has 2 aromatic rings. The van der Waals surface area contributed by atoms with E-state index in [0.29, 0.717) is 11.0 Å². The Morgan fingerprint density at radius 3 is 2.85 bits per heavy atom. The average molecular weight is 458 g/mol. The number of ether oxygens (including phenoxy) is 1. The predicted octanol–water partition coefficient (Wildman–Crippen LogP) is 5.64. The fourth-order valence-corrected chi connectivity index (χ4v) is 4.45. The normalized spacial score (nSPS) is 11.0. The maximum atomic E-state index is 12.2. The number of unbranched alkanes of at least 4 members (excludes halogenated alkanes) is 1. The molecule has 1 heterocycles. The van der Waals surface area contributed by atoms with Crippen LogP contribution in [-0.4, -0.2) is 28.5 Å². The van der Waals surface area contributed by atoms with Crippen LogP contribution in [-0.2, 0) is 4.79 Å². The highest BCUT2D eigenvalue weighted by Crippen LogP contribution is 2.32. The van der Waals surface area contributed by atoms with Gasteiger partial charge in [0.2, 0.25) is 5.13 Å². The molecule has 0 radical (unpaired) electrons. The fourth-order valence-electron chi connectivity index (χ4n) is 2.17. The lowest BCUT2D eigenvalue weighted by molar-refractivity contribution is -0.118. The van der Waals surface area contributed by atoms with Gasteiger partial charge in [-0.15, -0.1) is 10.2 Å². The summed E-state index contributed by atoms with van der Waals surface area (Å²) in [6.07, 6.45) is 2.30. The zero-order valence-electron chi connectivity index (χ0n) is 15.5. The maximum Gasteiger partial charge on any atom is 0.264 e. The lowest BCUT2D eigenvalue weighted by Gasteiger charge is -2.15. The number of hydrogen-bond donors (Lipinski definition) is 1. The Hall–Kier alpha value is -1.12. The summed E-state index contributed by atoms with van der Waals surface area (Å²) in [6, 6.07) is 4.01. The molecule has 0 saturated heterocycles. The summed E-state index contributed by atoms with van der Waals surface area (Å²) in [5.74, 6) is 1.82. The Balaban J connectivity index is 1.92. The zero-order chi connectivity index (χ0) is 19.1. The third-order valence-corrected chi connectivity index (χ3v) is 6.56. The first-order valence-corrected chi connectivity index (χ1v) is 11.2. The molecule has 2 rings (SSSR count). The number of benzene rings is 1. The highest BCUT2D eigenvalue weighted by Gasteiger charge is 2.14. The van der Waals surface area contributed by atoms with Gasteiger partial charge in [-0.05, 0) is 42.5 Å². The molecule has 0 spiro atoms. The van der Waals surface area contributed by atoms with Crippen molar-refractivity contribution in [3.05, 3.63) is 27.7 Å². The minimum absolute atomic E-state index is 0.0569. The first kappa shape index (κ1) is 21.2. The number of aromatic nitrogens is 2. The van der Waals surface area contributed by atoms with Crippen LogP contribution in [0, 0.1) is 6.92 Å². The minimum atomic E-state index is -0.235. The van der Waals surface area contributed by atoms with Crippen molar-refractivity contribution in [1.82, 2.24) is 10.2 Å². The first-order valence-electron chi connectivity index (χ1n) is 8.59. The third kappa shape index (κ3) is 6.25. The van der Waals surface area contributed by atoms with E-state index in [1.54, 1.807) is 11.8 Å². The largest absolute Gasteiger partial charge is 0.483 e. The van der Waals surface area contributed by atoms with Crippen LogP contribution in [0.5, 0.6) is 5.75 Å². The van der Waals surface area contributed by atoms with Crippen LogP contribution in [0.25, 0.3) is 0 Å². The van der Waals surface area contributed by atoms with Crippen molar-refractivity contribution < 1.29 is 9.53 Å². The standard InChI is InChI=1S/C18H24BrN3O2S2/c1-5-6-7-25-18-22-21-17(26-18)20-16(23)10-24-15-8-12(4)14(19)9-13(15)11(2)3/h8-9,11H,5-7,10H2,1-4H3,(H,20,21,23). The third-order valence-electron chi connectivity index (χ3n) is 3.65. The summed E-state index contributed by atoms with van der Waals surface area (Å²) in [6.45, 7) is 8.30. The molecule has 1 amide bonds. The molecular formula is C18H24BrN3O2S2. The lowest BCUT2D eigenvalue weighted by atomic mass is 10.0. The molecule has 0 fully saturated rings. The second-order valence-electron chi connectivity index (χ2n) is 6.21. The lowest BCUT2D eigenvalue weighted by Crippen LogP contribution is -2.20. The molecule has 8 heteroatoms. The van der Waals surface area contributed by atoms with Gasteiger partial charge in [0, 0.05) is 10.2 Å². The molecule has 0 aliphatic carbocycles. The number of thioether (sulfide) groups is 1. The number of carbonyl (C=O) groups excluding carboxylic acids is 1. The Morgan fingerprint density at radius 2 is 2.15 bits per heavy atom. The van der Waals surface area contributed by atoms with Crippen LogP contribution in [0.2, 0.25) is 0 Å². The number of rotatable bonds is 9. The first-order chi connectivity index (χ1) is 12.4. The summed E-state index contributed by atoms with van der Waals surface area (Å²) in [4.78, 5) is 12.2. The predicted molar refractivity (Wildman–Crippen MR) is 113 cm³/mol. The number of aryl methyl sites for hydroxylation is 1. The van der Waals surface area contributed by atoms with E-state index >= 15 is 0 Å². The second kappa shape index (κ2) is 10.3. The zero-order valence-corrected chi connectivity index (χ0v) is 18.7. The van der Waals surface area contributed by atoms with Gasteiger partial charge in [0.15, 0.2) is 10.9 Å². The van der Waals surface area contributed by atoms with Crippen LogP contribution in [0.15, 0.2) is 20.9 Å². The Bertz CT molecular complexity index is 750. The quantitative estimate of drug-likeness (QED) is 0.299. The van der Waals surface area contributed by atoms with Gasteiger partial charge in [-0.25, -0.2) is 0 Å². The number of hydrogen-bond acceptors (Lipinski definition) is 6. The van der Waals surface area contributed by atoms with Gasteiger partial charge in [0.25, 0.3) is 5.91 Å². The number of nitrogens with one attached hydrogen (secondary N) is 1. The summed E-state index contributed by atoms with van der Waals surface area (Å²) in [5, 5.41) is 11.4. The van der Waals surface area contributed by atoms with Gasteiger partial charge in [0.1, 0.15) is 5.75 Å². The highest BCUT2D eigenvalue weighted by atomic mass is 79.9. The molecule has 0 saturated carbocycles. The van der Waals surface area contributed by atoms with Crippen LogP contribution in [0.4, 0.5) is 5.13 Å². The number of halogens is 1. The molecule has 0 aliphatic rings. The molecule has 0 atom stereocenters. The number of anilines is 1. The number of carbonyl (C=O) groups is 1. The van der Waals surface area contributed by atoms with Crippen molar-refractivity contribution in [2.24, 2.45) is 0 Å². The average Bonchev–Trinajstić information content (AvgIpc) is 3.03. The van der Waals surface area contributed by atoms with E-state index in [1.165, 1.54) is 11.3 Å². The van der Waals surface area contributed by atoms with Crippen molar-refractivity contribution in [2.45, 2.75) is 50.8 Å². The van der Waals surface area contributed by atoms with Crippen molar-refractivity contribution in [3.8, 4) is 5.75 Å². The Labute approximate surface area is 171 Å². The molecule has 0 unspecified atom stereocenters. The second-order valence-corrected chi connectivity index (χ2v) is 9.38. The monoisotopic (exact) mass is 457 g/mol. The Morgan fingerprint density at radius 1 is 1.38 bits per heavy atom. The topological polar surface area (TPSA) is 64.1 Å². The molecular weight excluding hydrogens is 434 g/mol. The van der Waals surface area contributed by atoms with Gasteiger partial charge >= 0.3 is 0 Å². The molecule has 1 aromatic heterocycles. The van der Waals surface area contributed by atoms with Gasteiger partial charge in [-0.1, -0.05) is 66.2 Å². The summed E-state index contributed by atoms with van der Waals surface area (Å²) < 4.78 is 7.69. The molecule has 5 nitrogen and oxygen atoms in total. The minimum Gasteiger partial charge on any atom is -0.483 e. The van der Waals surface area contributed by atoms with Crippen molar-refractivity contribution in [1.29, 1.82) is 0 Å². The number of amides is 1. The molecule has 0 bridgehead atoms. The Kier molecular flexibility index (Phi) is 8.37. The van der Waals surface area contributed by atoms with Crippen molar-refractivity contribution in [2.75, 3.05) is 17.7 Å². The molecule has 26 heavy (non-hydrogen) atoms. The summed E-state index contributed by atoms with van der Waals surface area (Å²) in [7, 11) is 0. The van der Waals surface area contributed by atoms with E-state index in [4.69, 9.17) is 4.74 Å². The summed E-state index contributed by atoms with van der Waals surface area (Å²) >= 11 is 6.61.